The lowest BCUT2D eigenvalue weighted by atomic mass is 9.94. The second kappa shape index (κ2) is 4.56. The van der Waals surface area contributed by atoms with Gasteiger partial charge in [-0.1, -0.05) is 12.1 Å². The van der Waals surface area contributed by atoms with E-state index in [-0.39, 0.29) is 12.6 Å². The van der Waals surface area contributed by atoms with Crippen molar-refractivity contribution in [2.24, 2.45) is 0 Å². The summed E-state index contributed by atoms with van der Waals surface area (Å²) in [6, 6.07) is 5.02. The molecule has 1 aromatic carbocycles. The molecular formula is C14H21NO. The van der Waals surface area contributed by atoms with E-state index in [1.165, 1.54) is 35.1 Å². The molecule has 2 rings (SSSR count). The molecule has 1 unspecified atom stereocenters. The fourth-order valence-electron chi connectivity index (χ4n) is 2.13. The Hall–Kier alpha value is -0.860. The molecule has 0 bridgehead atoms. The molecule has 0 heterocycles. The molecule has 88 valence electrons. The predicted octanol–water partition coefficient (Wildman–Crippen LogP) is 2.40. The van der Waals surface area contributed by atoms with E-state index in [1.54, 1.807) is 0 Å². The van der Waals surface area contributed by atoms with E-state index in [9.17, 15) is 5.11 Å². The van der Waals surface area contributed by atoms with Crippen molar-refractivity contribution < 1.29 is 5.11 Å². The smallest absolute Gasteiger partial charge is 0.0626 e. The molecular weight excluding hydrogens is 198 g/mol. The van der Waals surface area contributed by atoms with Crippen molar-refractivity contribution in [1.82, 2.24) is 5.32 Å². The van der Waals surface area contributed by atoms with Crippen LogP contribution in [0.5, 0.6) is 0 Å². The zero-order valence-corrected chi connectivity index (χ0v) is 10.4. The number of benzene rings is 1. The van der Waals surface area contributed by atoms with Gasteiger partial charge < -0.3 is 10.4 Å². The Bertz CT molecular complexity index is 383. The highest BCUT2D eigenvalue weighted by atomic mass is 16.3. The summed E-state index contributed by atoms with van der Waals surface area (Å²) in [4.78, 5) is 0. The van der Waals surface area contributed by atoms with Crippen LogP contribution in [0.2, 0.25) is 0 Å². The minimum Gasteiger partial charge on any atom is -0.394 e. The fraction of sp³-hybridized carbons (Fsp3) is 0.571. The Morgan fingerprint density at radius 1 is 1.25 bits per heavy atom. The van der Waals surface area contributed by atoms with Crippen LogP contribution in [-0.2, 0) is 0 Å². The number of aliphatic hydroxyl groups is 1. The van der Waals surface area contributed by atoms with Gasteiger partial charge >= 0.3 is 0 Å². The number of hydrogen-bond acceptors (Lipinski definition) is 2. The highest BCUT2D eigenvalue weighted by Crippen LogP contribution is 2.27. The van der Waals surface area contributed by atoms with Gasteiger partial charge in [0.25, 0.3) is 0 Å². The van der Waals surface area contributed by atoms with E-state index in [1.807, 2.05) is 0 Å². The van der Waals surface area contributed by atoms with E-state index in [0.29, 0.717) is 6.04 Å². The summed E-state index contributed by atoms with van der Waals surface area (Å²) >= 11 is 0. The van der Waals surface area contributed by atoms with Crippen molar-refractivity contribution in [3.05, 3.63) is 34.4 Å². The highest BCUT2D eigenvalue weighted by Gasteiger charge is 2.25. The van der Waals surface area contributed by atoms with Crippen LogP contribution in [0.4, 0.5) is 0 Å². The van der Waals surface area contributed by atoms with Crippen LogP contribution < -0.4 is 5.32 Å². The number of nitrogens with one attached hydrogen (secondary N) is 1. The molecule has 1 saturated carbocycles. The normalized spacial score (nSPS) is 17.5. The fourth-order valence-corrected chi connectivity index (χ4v) is 2.13. The molecule has 1 atom stereocenters. The van der Waals surface area contributed by atoms with Gasteiger partial charge in [-0.3, -0.25) is 0 Å². The second-order valence-electron chi connectivity index (χ2n) is 4.90. The maximum atomic E-state index is 9.48. The van der Waals surface area contributed by atoms with Crippen molar-refractivity contribution in [3.8, 4) is 0 Å². The summed E-state index contributed by atoms with van der Waals surface area (Å²) in [5.74, 6) is 0. The summed E-state index contributed by atoms with van der Waals surface area (Å²) in [5, 5.41) is 13.0. The molecule has 2 heteroatoms. The lowest BCUT2D eigenvalue weighted by Crippen LogP contribution is -2.27. The summed E-state index contributed by atoms with van der Waals surface area (Å²) in [5.41, 5.74) is 5.22. The van der Waals surface area contributed by atoms with Crippen molar-refractivity contribution in [3.63, 3.8) is 0 Å². The summed E-state index contributed by atoms with van der Waals surface area (Å²) in [6.07, 6.45) is 2.50. The van der Waals surface area contributed by atoms with Crippen molar-refractivity contribution >= 4 is 0 Å². The van der Waals surface area contributed by atoms with Crippen LogP contribution in [0, 0.1) is 20.8 Å². The first-order valence-electron chi connectivity index (χ1n) is 6.07. The molecule has 16 heavy (non-hydrogen) atoms. The average Bonchev–Trinajstić information content (AvgIpc) is 3.07. The average molecular weight is 219 g/mol. The predicted molar refractivity (Wildman–Crippen MR) is 66.6 cm³/mol. The van der Waals surface area contributed by atoms with Crippen molar-refractivity contribution in [2.45, 2.75) is 45.7 Å². The van der Waals surface area contributed by atoms with Gasteiger partial charge in [-0.2, -0.15) is 0 Å². The topological polar surface area (TPSA) is 32.3 Å². The standard InChI is InChI=1S/C14H21NO/c1-9-4-7-13(11(3)10(9)2)14(8-16)15-12-5-6-12/h4,7,12,14-16H,5-6,8H2,1-3H3. The van der Waals surface area contributed by atoms with Crippen LogP contribution in [0.1, 0.15) is 41.1 Å². The van der Waals surface area contributed by atoms with E-state index >= 15 is 0 Å². The van der Waals surface area contributed by atoms with Crippen LogP contribution in [-0.4, -0.2) is 17.8 Å². The molecule has 1 fully saturated rings. The Labute approximate surface area is 97.7 Å². The van der Waals surface area contributed by atoms with Crippen molar-refractivity contribution in [2.75, 3.05) is 6.61 Å². The number of aliphatic hydroxyl groups excluding tert-OH is 1. The molecule has 1 aliphatic carbocycles. The van der Waals surface area contributed by atoms with Gasteiger partial charge in [0.1, 0.15) is 0 Å². The lowest BCUT2D eigenvalue weighted by molar-refractivity contribution is 0.243. The van der Waals surface area contributed by atoms with Crippen LogP contribution in [0.25, 0.3) is 0 Å². The first-order chi connectivity index (χ1) is 7.63. The van der Waals surface area contributed by atoms with Crippen LogP contribution in [0.15, 0.2) is 12.1 Å². The Balaban J connectivity index is 2.26. The Morgan fingerprint density at radius 3 is 2.50 bits per heavy atom. The molecule has 0 aliphatic heterocycles. The zero-order valence-electron chi connectivity index (χ0n) is 10.4. The van der Waals surface area contributed by atoms with Crippen LogP contribution in [0.3, 0.4) is 0 Å². The number of hydrogen-bond donors (Lipinski definition) is 2. The van der Waals surface area contributed by atoms with E-state index in [0.717, 1.165) is 0 Å². The molecule has 2 nitrogen and oxygen atoms in total. The molecule has 0 aromatic heterocycles. The number of rotatable bonds is 4. The lowest BCUT2D eigenvalue weighted by Gasteiger charge is -2.20. The minimum absolute atomic E-state index is 0.104. The highest BCUT2D eigenvalue weighted by molar-refractivity contribution is 5.40. The third-order valence-corrected chi connectivity index (χ3v) is 3.67. The van der Waals surface area contributed by atoms with E-state index in [4.69, 9.17) is 0 Å². The largest absolute Gasteiger partial charge is 0.394 e. The Kier molecular flexibility index (Phi) is 3.31. The van der Waals surface area contributed by atoms with Gasteiger partial charge in [0, 0.05) is 6.04 Å². The maximum Gasteiger partial charge on any atom is 0.0626 e. The minimum atomic E-state index is 0.104. The first-order valence-corrected chi connectivity index (χ1v) is 6.07. The second-order valence-corrected chi connectivity index (χ2v) is 4.90. The molecule has 0 radical (unpaired) electrons. The number of aryl methyl sites for hydroxylation is 1. The molecule has 2 N–H and O–H groups in total. The van der Waals surface area contributed by atoms with Crippen LogP contribution >= 0.6 is 0 Å². The van der Waals surface area contributed by atoms with Gasteiger partial charge in [0.05, 0.1) is 12.6 Å². The summed E-state index contributed by atoms with van der Waals surface area (Å²) < 4.78 is 0. The molecule has 1 aliphatic rings. The quantitative estimate of drug-likeness (QED) is 0.815. The van der Waals surface area contributed by atoms with Gasteiger partial charge in [0.2, 0.25) is 0 Å². The third kappa shape index (κ3) is 2.28. The molecule has 0 amide bonds. The molecule has 1 aromatic rings. The first kappa shape index (κ1) is 11.6. The molecule has 0 saturated heterocycles. The SMILES string of the molecule is Cc1ccc(C(CO)NC2CC2)c(C)c1C. The van der Waals surface area contributed by atoms with E-state index < -0.39 is 0 Å². The third-order valence-electron chi connectivity index (χ3n) is 3.67. The van der Waals surface area contributed by atoms with E-state index in [2.05, 4.69) is 38.2 Å². The summed E-state index contributed by atoms with van der Waals surface area (Å²) in [7, 11) is 0. The van der Waals surface area contributed by atoms with Gasteiger partial charge in [-0.05, 0) is 55.9 Å². The Morgan fingerprint density at radius 2 is 1.94 bits per heavy atom. The zero-order chi connectivity index (χ0) is 11.7. The summed E-state index contributed by atoms with van der Waals surface area (Å²) in [6.45, 7) is 6.61. The maximum absolute atomic E-state index is 9.48. The van der Waals surface area contributed by atoms with Gasteiger partial charge in [0.15, 0.2) is 0 Å². The molecule has 0 spiro atoms. The van der Waals surface area contributed by atoms with Gasteiger partial charge in [-0.15, -0.1) is 0 Å². The van der Waals surface area contributed by atoms with Gasteiger partial charge in [-0.25, -0.2) is 0 Å². The van der Waals surface area contributed by atoms with Crippen molar-refractivity contribution in [1.29, 1.82) is 0 Å². The monoisotopic (exact) mass is 219 g/mol.